The normalized spacial score (nSPS) is 37.0. The Morgan fingerprint density at radius 3 is 2.77 bits per heavy atom. The number of rotatable bonds is 5. The number of methoxy groups -OCH3 is 1. The van der Waals surface area contributed by atoms with Gasteiger partial charge in [0.15, 0.2) is 5.72 Å². The number of piperazine rings is 1. The number of nitrogens with two attached hydrogens (primary N) is 1. The number of primary amides is 1. The molecule has 10 nitrogen and oxygen atoms in total. The third-order valence-electron chi connectivity index (χ3n) is 7.27. The van der Waals surface area contributed by atoms with Crippen LogP contribution in [-0.2, 0) is 19.1 Å². The van der Waals surface area contributed by atoms with Crippen LogP contribution in [0.1, 0.15) is 19.8 Å². The number of Topliss-reactive ketones (excluding diaryl/α,β-unsaturated/α-hetero) is 2. The molecule has 5 rings (SSSR count). The van der Waals surface area contributed by atoms with Crippen molar-refractivity contribution in [3.05, 3.63) is 22.5 Å². The van der Waals surface area contributed by atoms with E-state index in [-0.39, 0.29) is 42.9 Å². The van der Waals surface area contributed by atoms with E-state index in [0.717, 1.165) is 12.8 Å². The van der Waals surface area contributed by atoms with Gasteiger partial charge in [-0.25, -0.2) is 4.79 Å². The van der Waals surface area contributed by atoms with E-state index in [4.69, 9.17) is 15.2 Å². The third kappa shape index (κ3) is 2.32. The van der Waals surface area contributed by atoms with Crippen molar-refractivity contribution in [2.75, 3.05) is 33.4 Å². The molecule has 10 heteroatoms. The maximum atomic E-state index is 13.8. The molecule has 30 heavy (non-hydrogen) atoms. The molecule has 4 N–H and O–H groups in total. The van der Waals surface area contributed by atoms with Crippen LogP contribution in [0.3, 0.4) is 0 Å². The van der Waals surface area contributed by atoms with E-state index < -0.39 is 17.7 Å². The van der Waals surface area contributed by atoms with Gasteiger partial charge in [0.05, 0.1) is 36.0 Å². The highest BCUT2D eigenvalue weighted by Gasteiger charge is 2.72. The van der Waals surface area contributed by atoms with Crippen LogP contribution < -0.4 is 11.1 Å². The lowest BCUT2D eigenvalue weighted by atomic mass is 9.82. The maximum absolute atomic E-state index is 13.8. The number of nitrogens with one attached hydrogen (secondary N) is 1. The molecule has 0 unspecified atom stereocenters. The smallest absolute Gasteiger partial charge is 0.404 e. The van der Waals surface area contributed by atoms with Gasteiger partial charge < -0.3 is 35.4 Å². The quantitative estimate of drug-likeness (QED) is 0.372. The lowest BCUT2D eigenvalue weighted by Crippen LogP contribution is -2.55. The number of hydrogen-bond donors (Lipinski definition) is 3. The number of ether oxygens (including phenoxy) is 2. The van der Waals surface area contributed by atoms with Crippen LogP contribution in [0.4, 0.5) is 4.79 Å². The minimum Gasteiger partial charge on any atom is -0.449 e. The summed E-state index contributed by atoms with van der Waals surface area (Å²) in [5, 5.41) is 13.1. The Morgan fingerprint density at radius 1 is 1.33 bits per heavy atom. The summed E-state index contributed by atoms with van der Waals surface area (Å²) in [4.78, 5) is 42.4. The second-order valence-corrected chi connectivity index (χ2v) is 8.57. The Labute approximate surface area is 173 Å². The fourth-order valence-corrected chi connectivity index (χ4v) is 5.94. The largest absolute Gasteiger partial charge is 0.449 e. The van der Waals surface area contributed by atoms with Gasteiger partial charge in [-0.15, -0.1) is 0 Å². The van der Waals surface area contributed by atoms with Gasteiger partial charge in [-0.3, -0.25) is 9.59 Å². The Kier molecular flexibility index (Phi) is 4.25. The Bertz CT molecular complexity index is 913. The lowest BCUT2D eigenvalue weighted by molar-refractivity contribution is -0.137. The van der Waals surface area contributed by atoms with E-state index in [1.807, 2.05) is 9.80 Å². The van der Waals surface area contributed by atoms with E-state index in [1.165, 1.54) is 0 Å². The van der Waals surface area contributed by atoms with E-state index in [0.29, 0.717) is 35.6 Å². The van der Waals surface area contributed by atoms with Crippen molar-refractivity contribution < 1.29 is 29.0 Å². The average Bonchev–Trinajstić information content (AvgIpc) is 3.10. The van der Waals surface area contributed by atoms with Crippen molar-refractivity contribution in [3.8, 4) is 0 Å². The molecule has 1 amide bonds. The standard InChI is InChI=1S/C20H26N4O6/c1-9-14(23-5-3-4-10(23)7-25)17(27)13-11(8-30-19(21)28)20(29-2)18-12(22-18)6-24(20)15(13)16(9)26/h10-12,18,22,25H,3-8H2,1-2H3,(H2,21,28)/t10-,11-,12+,18+,20-/m1/s1. The number of likely N-dealkylation sites (tertiary alicyclic amines) is 1. The minimum absolute atomic E-state index is 0.0732. The second kappa shape index (κ2) is 6.53. The van der Waals surface area contributed by atoms with Crippen LogP contribution in [0.15, 0.2) is 22.5 Å². The summed E-state index contributed by atoms with van der Waals surface area (Å²) in [7, 11) is 1.55. The first-order chi connectivity index (χ1) is 14.4. The molecule has 0 radical (unpaired) electrons. The summed E-state index contributed by atoms with van der Waals surface area (Å²) in [5.41, 5.74) is 5.61. The van der Waals surface area contributed by atoms with Gasteiger partial charge in [0.2, 0.25) is 11.6 Å². The van der Waals surface area contributed by atoms with Crippen LogP contribution >= 0.6 is 0 Å². The highest BCUT2D eigenvalue weighted by molar-refractivity contribution is 6.25. The molecule has 5 atom stereocenters. The van der Waals surface area contributed by atoms with Crippen LogP contribution in [0.5, 0.6) is 0 Å². The van der Waals surface area contributed by atoms with Crippen molar-refractivity contribution in [1.29, 1.82) is 0 Å². The summed E-state index contributed by atoms with van der Waals surface area (Å²) in [6, 6.07) is -0.113. The van der Waals surface area contributed by atoms with Crippen molar-refractivity contribution in [1.82, 2.24) is 15.1 Å². The zero-order chi connectivity index (χ0) is 21.4. The summed E-state index contributed by atoms with van der Waals surface area (Å²) in [5.74, 6) is -1.12. The topological polar surface area (TPSA) is 144 Å². The number of fused-ring (bicyclic) bond motifs is 4. The molecule has 162 valence electrons. The van der Waals surface area contributed by atoms with Crippen LogP contribution in [0.25, 0.3) is 0 Å². The van der Waals surface area contributed by atoms with Crippen molar-refractivity contribution in [2.45, 2.75) is 43.6 Å². The molecule has 1 aliphatic carbocycles. The van der Waals surface area contributed by atoms with Crippen LogP contribution in [0, 0.1) is 5.92 Å². The average molecular weight is 418 g/mol. The van der Waals surface area contributed by atoms with Crippen LogP contribution in [0.2, 0.25) is 0 Å². The van der Waals surface area contributed by atoms with Gasteiger partial charge in [-0.05, 0) is 19.8 Å². The molecule has 4 aliphatic heterocycles. The van der Waals surface area contributed by atoms with Crippen molar-refractivity contribution in [3.63, 3.8) is 0 Å². The number of aliphatic hydroxyl groups is 1. The molecule has 0 aromatic rings. The number of allylic oxidation sites excluding steroid dienone is 2. The highest BCUT2D eigenvalue weighted by Crippen LogP contribution is 2.56. The third-order valence-corrected chi connectivity index (χ3v) is 7.27. The summed E-state index contributed by atoms with van der Waals surface area (Å²) < 4.78 is 11.1. The first kappa shape index (κ1) is 19.5. The van der Waals surface area contributed by atoms with E-state index in [2.05, 4.69) is 5.32 Å². The molecule has 0 aromatic heterocycles. The highest BCUT2D eigenvalue weighted by atomic mass is 16.6. The molecule has 0 saturated carbocycles. The van der Waals surface area contributed by atoms with Crippen molar-refractivity contribution >= 4 is 17.7 Å². The fraction of sp³-hybridized carbons (Fsp3) is 0.650. The molecule has 0 aromatic carbocycles. The predicted octanol–water partition coefficient (Wildman–Crippen LogP) is -1.15. The Balaban J connectivity index is 1.60. The van der Waals surface area contributed by atoms with Gasteiger partial charge in [-0.2, -0.15) is 0 Å². The van der Waals surface area contributed by atoms with Crippen LogP contribution in [-0.4, -0.2) is 89.8 Å². The van der Waals surface area contributed by atoms with E-state index in [9.17, 15) is 19.5 Å². The van der Waals surface area contributed by atoms with Gasteiger partial charge in [-0.1, -0.05) is 0 Å². The van der Waals surface area contributed by atoms with E-state index >= 15 is 0 Å². The number of carbonyl (C=O) groups excluding carboxylic acids is 3. The second-order valence-electron chi connectivity index (χ2n) is 8.57. The minimum atomic E-state index is -0.979. The first-order valence-electron chi connectivity index (χ1n) is 10.3. The number of hydrogen-bond acceptors (Lipinski definition) is 9. The monoisotopic (exact) mass is 418 g/mol. The van der Waals surface area contributed by atoms with Gasteiger partial charge in [0.25, 0.3) is 0 Å². The van der Waals surface area contributed by atoms with Gasteiger partial charge >= 0.3 is 6.09 Å². The zero-order valence-electron chi connectivity index (χ0n) is 17.0. The summed E-state index contributed by atoms with van der Waals surface area (Å²) >= 11 is 0. The Hall–Kier alpha value is -2.43. The Morgan fingerprint density at radius 2 is 2.10 bits per heavy atom. The number of nitrogens with zero attached hydrogens (tertiary/aromatic N) is 2. The first-order valence-corrected chi connectivity index (χ1v) is 10.3. The SMILES string of the molecule is CO[C@@]12[C@H](COC(N)=O)C3=C(C(=O)C(C)=C(N4CCC[C@@H]4CO)C3=O)N1C[C@@H]1N[C@@H]12. The molecule has 4 heterocycles. The number of carbonyl (C=O) groups is 3. The van der Waals surface area contributed by atoms with Gasteiger partial charge in [0, 0.05) is 37.4 Å². The molecule has 3 fully saturated rings. The number of amides is 1. The maximum Gasteiger partial charge on any atom is 0.404 e. The number of aliphatic hydroxyl groups excluding tert-OH is 1. The summed E-state index contributed by atoms with van der Waals surface area (Å²) in [6.45, 7) is 2.57. The number of ketones is 2. The molecule has 0 bridgehead atoms. The predicted molar refractivity (Wildman–Crippen MR) is 103 cm³/mol. The van der Waals surface area contributed by atoms with E-state index in [1.54, 1.807) is 14.0 Å². The molecule has 3 saturated heterocycles. The lowest BCUT2D eigenvalue weighted by Gasteiger charge is -2.39. The van der Waals surface area contributed by atoms with Crippen molar-refractivity contribution in [2.24, 2.45) is 11.7 Å². The molecule has 0 spiro atoms. The molecular formula is C20H26N4O6. The van der Waals surface area contributed by atoms with Gasteiger partial charge in [0.1, 0.15) is 6.61 Å². The summed E-state index contributed by atoms with van der Waals surface area (Å²) in [6.07, 6.45) is 0.656. The molecular weight excluding hydrogens is 392 g/mol. The zero-order valence-corrected chi connectivity index (χ0v) is 17.0. The fourth-order valence-electron chi connectivity index (χ4n) is 5.94. The molecule has 5 aliphatic rings.